The van der Waals surface area contributed by atoms with Crippen LogP contribution < -0.4 is 0 Å². The highest BCUT2D eigenvalue weighted by Gasteiger charge is 2.31. The second-order valence-corrected chi connectivity index (χ2v) is 9.17. The summed E-state index contributed by atoms with van der Waals surface area (Å²) in [6, 6.07) is 14.0. The molecule has 0 fully saturated rings. The van der Waals surface area contributed by atoms with E-state index in [1.54, 1.807) is 18.5 Å². The highest BCUT2D eigenvalue weighted by atomic mass is 35.5. The first-order chi connectivity index (χ1) is 12.9. The van der Waals surface area contributed by atoms with E-state index in [1.807, 2.05) is 30.3 Å². The standard InChI is InChI=1S/C21H14Cl2NO2S/c22-17-10-18(23)12-19(11-17)27(25,26)21-5-1-3-15-9-14(6-7-20(15)21)16-4-2-8-24-13-16/h1-2,4,6-13,21H,3H2. The van der Waals surface area contributed by atoms with Gasteiger partial charge in [-0.15, -0.1) is 0 Å². The Balaban J connectivity index is 1.78. The number of allylic oxidation sites excluding steroid dienone is 1. The molecule has 0 amide bonds. The average molecular weight is 415 g/mol. The van der Waals surface area contributed by atoms with E-state index in [2.05, 4.69) is 11.1 Å². The summed E-state index contributed by atoms with van der Waals surface area (Å²) >= 11 is 12.0. The number of halogens is 2. The van der Waals surface area contributed by atoms with Crippen molar-refractivity contribution in [3.05, 3.63) is 94.2 Å². The van der Waals surface area contributed by atoms with E-state index < -0.39 is 15.1 Å². The quantitative estimate of drug-likeness (QED) is 0.569. The van der Waals surface area contributed by atoms with E-state index >= 15 is 0 Å². The lowest BCUT2D eigenvalue weighted by Crippen LogP contribution is -2.16. The molecule has 1 heterocycles. The van der Waals surface area contributed by atoms with E-state index in [4.69, 9.17) is 23.2 Å². The molecular formula is C21H14Cl2NO2S. The van der Waals surface area contributed by atoms with Crippen molar-refractivity contribution in [1.29, 1.82) is 0 Å². The molecule has 1 atom stereocenters. The monoisotopic (exact) mass is 414 g/mol. The van der Waals surface area contributed by atoms with Crippen molar-refractivity contribution in [2.75, 3.05) is 0 Å². The number of fused-ring (bicyclic) bond motifs is 1. The van der Waals surface area contributed by atoms with Gasteiger partial charge in [-0.25, -0.2) is 8.42 Å². The summed E-state index contributed by atoms with van der Waals surface area (Å²) in [6.45, 7) is 0. The molecule has 1 aliphatic rings. The molecule has 3 nitrogen and oxygen atoms in total. The zero-order valence-corrected chi connectivity index (χ0v) is 16.4. The van der Waals surface area contributed by atoms with E-state index in [0.29, 0.717) is 6.42 Å². The van der Waals surface area contributed by atoms with Crippen LogP contribution >= 0.6 is 23.2 Å². The van der Waals surface area contributed by atoms with E-state index in [0.717, 1.165) is 22.3 Å². The predicted octanol–water partition coefficient (Wildman–Crippen LogP) is 5.49. The molecule has 0 spiro atoms. The first-order valence-electron chi connectivity index (χ1n) is 8.26. The van der Waals surface area contributed by atoms with Crippen molar-refractivity contribution in [1.82, 2.24) is 4.98 Å². The Bertz CT molecular complexity index is 1120. The summed E-state index contributed by atoms with van der Waals surface area (Å²) in [4.78, 5) is 4.24. The largest absolute Gasteiger partial charge is 0.264 e. The highest BCUT2D eigenvalue weighted by molar-refractivity contribution is 7.91. The Hall–Kier alpha value is -2.14. The van der Waals surface area contributed by atoms with Crippen molar-refractivity contribution < 1.29 is 8.42 Å². The van der Waals surface area contributed by atoms with Crippen molar-refractivity contribution in [3.63, 3.8) is 0 Å². The molecule has 0 N–H and O–H groups in total. The SMILES string of the molecule is O=S(=O)(c1cc(Cl)cc(Cl)c1)C1[C]=CCc2cc(-c3cccnc3)ccc21. The molecule has 1 unspecified atom stereocenters. The van der Waals surface area contributed by atoms with E-state index in [9.17, 15) is 8.42 Å². The zero-order valence-electron chi connectivity index (χ0n) is 14.1. The fraction of sp³-hybridized carbons (Fsp3) is 0.0952. The van der Waals surface area contributed by atoms with Crippen LogP contribution in [0.5, 0.6) is 0 Å². The van der Waals surface area contributed by atoms with Crippen LogP contribution in [0.2, 0.25) is 10.0 Å². The van der Waals surface area contributed by atoms with Gasteiger partial charge in [0.2, 0.25) is 0 Å². The van der Waals surface area contributed by atoms with Crippen LogP contribution in [-0.2, 0) is 16.3 Å². The predicted molar refractivity (Wildman–Crippen MR) is 108 cm³/mol. The van der Waals surface area contributed by atoms with Crippen molar-refractivity contribution in [2.24, 2.45) is 0 Å². The zero-order chi connectivity index (χ0) is 19.0. The van der Waals surface area contributed by atoms with Gasteiger partial charge in [0.1, 0.15) is 5.25 Å². The second-order valence-electron chi connectivity index (χ2n) is 6.26. The molecule has 0 bridgehead atoms. The lowest BCUT2D eigenvalue weighted by molar-refractivity contribution is 0.588. The van der Waals surface area contributed by atoms with Crippen LogP contribution in [0.15, 0.2) is 71.9 Å². The Morgan fingerprint density at radius 1 is 1.00 bits per heavy atom. The van der Waals surface area contributed by atoms with Crippen molar-refractivity contribution in [3.8, 4) is 11.1 Å². The Kier molecular flexibility index (Phi) is 4.81. The Morgan fingerprint density at radius 3 is 2.48 bits per heavy atom. The number of sulfone groups is 1. The van der Waals surface area contributed by atoms with Crippen LogP contribution in [0.4, 0.5) is 0 Å². The smallest absolute Gasteiger partial charge is 0.189 e. The van der Waals surface area contributed by atoms with Crippen LogP contribution in [0.3, 0.4) is 0 Å². The van der Waals surface area contributed by atoms with Gasteiger partial charge < -0.3 is 0 Å². The third-order valence-electron chi connectivity index (χ3n) is 4.49. The summed E-state index contributed by atoms with van der Waals surface area (Å²) in [5.74, 6) is 0. The molecule has 1 aliphatic carbocycles. The molecule has 0 saturated heterocycles. The van der Waals surface area contributed by atoms with Gasteiger partial charge in [-0.2, -0.15) is 0 Å². The number of hydrogen-bond donors (Lipinski definition) is 0. The third-order valence-corrected chi connectivity index (χ3v) is 6.83. The number of benzene rings is 2. The normalized spacial score (nSPS) is 16.1. The Labute approximate surface area is 168 Å². The molecule has 1 radical (unpaired) electrons. The van der Waals surface area contributed by atoms with E-state index in [1.165, 1.54) is 18.2 Å². The van der Waals surface area contributed by atoms with Gasteiger partial charge in [-0.1, -0.05) is 53.5 Å². The van der Waals surface area contributed by atoms with Gasteiger partial charge >= 0.3 is 0 Å². The van der Waals surface area contributed by atoms with Gasteiger partial charge in [0, 0.05) is 22.4 Å². The highest BCUT2D eigenvalue weighted by Crippen LogP contribution is 2.37. The lowest BCUT2D eigenvalue weighted by Gasteiger charge is -2.22. The summed E-state index contributed by atoms with van der Waals surface area (Å²) < 4.78 is 26.4. The number of rotatable bonds is 3. The fourth-order valence-corrected chi connectivity index (χ4v) is 5.55. The van der Waals surface area contributed by atoms with Gasteiger partial charge in [0.15, 0.2) is 9.84 Å². The topological polar surface area (TPSA) is 47.0 Å². The first kappa shape index (κ1) is 18.2. The number of hydrogen-bond acceptors (Lipinski definition) is 3. The average Bonchev–Trinajstić information content (AvgIpc) is 2.67. The molecule has 135 valence electrons. The first-order valence-corrected chi connectivity index (χ1v) is 10.6. The van der Waals surface area contributed by atoms with Gasteiger partial charge in [-0.3, -0.25) is 4.98 Å². The summed E-state index contributed by atoms with van der Waals surface area (Å²) in [6.07, 6.45) is 8.91. The molecule has 0 saturated carbocycles. The second kappa shape index (κ2) is 7.12. The fourth-order valence-electron chi connectivity index (χ4n) is 3.20. The molecule has 6 heteroatoms. The molecular weight excluding hydrogens is 401 g/mol. The molecule has 0 aliphatic heterocycles. The summed E-state index contributed by atoms with van der Waals surface area (Å²) in [5, 5.41) is -0.320. The van der Waals surface area contributed by atoms with Crippen LogP contribution in [0, 0.1) is 6.08 Å². The van der Waals surface area contributed by atoms with Crippen LogP contribution in [0.25, 0.3) is 11.1 Å². The maximum atomic E-state index is 13.2. The molecule has 3 aromatic rings. The van der Waals surface area contributed by atoms with Crippen LogP contribution in [0.1, 0.15) is 16.4 Å². The minimum absolute atomic E-state index is 0.0927. The molecule has 2 aromatic carbocycles. The van der Waals surface area contributed by atoms with Gasteiger partial charge in [0.05, 0.1) is 4.90 Å². The van der Waals surface area contributed by atoms with E-state index in [-0.39, 0.29) is 14.9 Å². The maximum Gasteiger partial charge on any atom is 0.189 e. The minimum atomic E-state index is -3.72. The summed E-state index contributed by atoms with van der Waals surface area (Å²) in [7, 11) is -3.72. The lowest BCUT2D eigenvalue weighted by atomic mass is 9.93. The van der Waals surface area contributed by atoms with Gasteiger partial charge in [0.25, 0.3) is 0 Å². The Morgan fingerprint density at radius 2 is 1.78 bits per heavy atom. The number of nitrogens with zero attached hydrogens (tertiary/aromatic N) is 1. The van der Waals surface area contributed by atoms with Crippen molar-refractivity contribution in [2.45, 2.75) is 16.6 Å². The molecule has 4 rings (SSSR count). The van der Waals surface area contributed by atoms with Gasteiger partial charge in [-0.05, 0) is 59.0 Å². The minimum Gasteiger partial charge on any atom is -0.264 e. The molecule has 1 aromatic heterocycles. The number of pyridine rings is 1. The third kappa shape index (κ3) is 3.53. The van der Waals surface area contributed by atoms with Crippen molar-refractivity contribution >= 4 is 33.0 Å². The molecule has 27 heavy (non-hydrogen) atoms. The summed E-state index contributed by atoms with van der Waals surface area (Å²) in [5.41, 5.74) is 3.66. The van der Waals surface area contributed by atoms with Crippen LogP contribution in [-0.4, -0.2) is 13.4 Å². The maximum absolute atomic E-state index is 13.2. The number of aromatic nitrogens is 1.